The summed E-state index contributed by atoms with van der Waals surface area (Å²) >= 11 is 0. The van der Waals surface area contributed by atoms with Crippen LogP contribution in [0.2, 0.25) is 0 Å². The molecule has 0 aliphatic carbocycles. The van der Waals surface area contributed by atoms with E-state index in [0.29, 0.717) is 12.2 Å². The summed E-state index contributed by atoms with van der Waals surface area (Å²) in [7, 11) is 0. The number of benzene rings is 1. The normalized spacial score (nSPS) is 16.6. The lowest BCUT2D eigenvalue weighted by molar-refractivity contribution is -0.117. The Morgan fingerprint density at radius 2 is 2.00 bits per heavy atom. The summed E-state index contributed by atoms with van der Waals surface area (Å²) in [6, 6.07) is 15.6. The molecular formula is C22H22N2O3. The van der Waals surface area contributed by atoms with Gasteiger partial charge in [-0.25, -0.2) is 0 Å². The van der Waals surface area contributed by atoms with Crippen LogP contribution in [0.25, 0.3) is 16.6 Å². The number of rotatable bonds is 5. The summed E-state index contributed by atoms with van der Waals surface area (Å²) in [4.78, 5) is 25.6. The highest BCUT2D eigenvalue weighted by Gasteiger charge is 2.25. The van der Waals surface area contributed by atoms with Crippen LogP contribution in [-0.4, -0.2) is 35.3 Å². The first-order valence-electron chi connectivity index (χ1n) is 9.25. The molecule has 4 rings (SSSR count). The minimum absolute atomic E-state index is 0.00220. The van der Waals surface area contributed by atoms with Crippen molar-refractivity contribution in [3.8, 4) is 11.1 Å². The van der Waals surface area contributed by atoms with E-state index in [1.54, 1.807) is 4.40 Å². The van der Waals surface area contributed by atoms with E-state index in [-0.39, 0.29) is 6.10 Å². The third kappa shape index (κ3) is 3.51. The van der Waals surface area contributed by atoms with Gasteiger partial charge in [-0.05, 0) is 43.5 Å². The summed E-state index contributed by atoms with van der Waals surface area (Å²) in [6.45, 7) is 3.10. The van der Waals surface area contributed by atoms with Crippen LogP contribution in [0.3, 0.4) is 0 Å². The summed E-state index contributed by atoms with van der Waals surface area (Å²) in [5.41, 5.74) is 4.09. The van der Waals surface area contributed by atoms with Crippen molar-refractivity contribution in [1.82, 2.24) is 9.72 Å². The second-order valence-corrected chi connectivity index (χ2v) is 6.94. The molecule has 1 aliphatic heterocycles. The molecule has 5 nitrogen and oxygen atoms in total. The highest BCUT2D eigenvalue weighted by atomic mass is 16.5. The topological polar surface area (TPSA) is 59.8 Å². The van der Waals surface area contributed by atoms with Crippen molar-refractivity contribution < 1.29 is 14.3 Å². The highest BCUT2D eigenvalue weighted by Crippen LogP contribution is 2.28. The quantitative estimate of drug-likeness (QED) is 0.559. The predicted molar refractivity (Wildman–Crippen MR) is 104 cm³/mol. The number of hydrogen-bond acceptors (Lipinski definition) is 3. The largest absolute Gasteiger partial charge is 0.376 e. The number of aromatic nitrogens is 1. The van der Waals surface area contributed by atoms with Gasteiger partial charge in [0.2, 0.25) is 0 Å². The van der Waals surface area contributed by atoms with E-state index in [1.807, 2.05) is 61.7 Å². The van der Waals surface area contributed by atoms with E-state index in [1.165, 1.54) is 0 Å². The number of amides is 1. The standard InChI is InChI=1S/C22H22N2O3/c1-15-7-9-16(10-8-15)19-13-17-5-2-3-11-24(17)20(19)21(25)22(26)23-14-18-6-4-12-27-18/h2-3,5,7-11,13,18H,4,6,12,14H2,1H3,(H,23,26)/t18-/m0/s1. The Bertz CT molecular complexity index is 982. The highest BCUT2D eigenvalue weighted by molar-refractivity contribution is 6.43. The van der Waals surface area contributed by atoms with E-state index in [2.05, 4.69) is 5.32 Å². The lowest BCUT2D eigenvalue weighted by atomic mass is 10.0. The van der Waals surface area contributed by atoms with E-state index in [4.69, 9.17) is 4.74 Å². The molecule has 1 saturated heterocycles. The van der Waals surface area contributed by atoms with Gasteiger partial charge in [0.05, 0.1) is 6.10 Å². The number of carbonyl (C=O) groups excluding carboxylic acids is 2. The van der Waals surface area contributed by atoms with Gasteiger partial charge in [-0.15, -0.1) is 0 Å². The molecule has 3 heterocycles. The number of pyridine rings is 1. The van der Waals surface area contributed by atoms with Crippen molar-refractivity contribution in [1.29, 1.82) is 0 Å². The van der Waals surface area contributed by atoms with Crippen LogP contribution in [0, 0.1) is 6.92 Å². The molecule has 1 N–H and O–H groups in total. The Morgan fingerprint density at radius 3 is 2.74 bits per heavy atom. The predicted octanol–water partition coefficient (Wildman–Crippen LogP) is 3.39. The molecule has 1 amide bonds. The molecule has 0 bridgehead atoms. The van der Waals surface area contributed by atoms with Gasteiger partial charge in [-0.2, -0.15) is 0 Å². The molecular weight excluding hydrogens is 340 g/mol. The summed E-state index contributed by atoms with van der Waals surface area (Å²) in [5.74, 6) is -1.13. The number of Topliss-reactive ketones (excluding diaryl/α,β-unsaturated/α-hetero) is 1. The number of aryl methyl sites for hydroxylation is 1. The molecule has 1 aliphatic rings. The minimum Gasteiger partial charge on any atom is -0.376 e. The third-order valence-corrected chi connectivity index (χ3v) is 4.98. The average molecular weight is 362 g/mol. The van der Waals surface area contributed by atoms with Gasteiger partial charge < -0.3 is 14.5 Å². The van der Waals surface area contributed by atoms with Gasteiger partial charge in [0.25, 0.3) is 11.7 Å². The monoisotopic (exact) mass is 362 g/mol. The van der Waals surface area contributed by atoms with Gasteiger partial charge in [0.1, 0.15) is 5.69 Å². The Balaban J connectivity index is 1.68. The molecule has 2 aromatic heterocycles. The maximum atomic E-state index is 13.0. The van der Waals surface area contributed by atoms with Crippen LogP contribution in [-0.2, 0) is 9.53 Å². The number of fused-ring (bicyclic) bond motifs is 1. The molecule has 5 heteroatoms. The lowest BCUT2D eigenvalue weighted by Gasteiger charge is -2.11. The van der Waals surface area contributed by atoms with Crippen LogP contribution >= 0.6 is 0 Å². The molecule has 0 spiro atoms. The second-order valence-electron chi connectivity index (χ2n) is 6.94. The average Bonchev–Trinajstić information content (AvgIpc) is 3.33. The fourth-order valence-corrected chi connectivity index (χ4v) is 3.51. The third-order valence-electron chi connectivity index (χ3n) is 4.98. The van der Waals surface area contributed by atoms with E-state index < -0.39 is 11.7 Å². The smallest absolute Gasteiger partial charge is 0.294 e. The number of nitrogens with zero attached hydrogens (tertiary/aromatic N) is 1. The molecule has 0 radical (unpaired) electrons. The van der Waals surface area contributed by atoms with Gasteiger partial charge in [0.15, 0.2) is 0 Å². The number of carbonyl (C=O) groups is 2. The Hall–Kier alpha value is -2.92. The van der Waals surface area contributed by atoms with Gasteiger partial charge in [-0.3, -0.25) is 9.59 Å². The van der Waals surface area contributed by atoms with Gasteiger partial charge in [0, 0.05) is 30.4 Å². The molecule has 1 fully saturated rings. The van der Waals surface area contributed by atoms with Crippen LogP contribution in [0.4, 0.5) is 0 Å². The summed E-state index contributed by atoms with van der Waals surface area (Å²) in [6.07, 6.45) is 3.72. The first-order valence-corrected chi connectivity index (χ1v) is 9.25. The van der Waals surface area contributed by atoms with Crippen molar-refractivity contribution >= 4 is 17.2 Å². The van der Waals surface area contributed by atoms with Crippen LogP contribution in [0.1, 0.15) is 28.9 Å². The SMILES string of the molecule is Cc1ccc(-c2cc3ccccn3c2C(=O)C(=O)NC[C@@H]2CCCO2)cc1. The molecule has 3 aromatic rings. The summed E-state index contributed by atoms with van der Waals surface area (Å²) < 4.78 is 7.30. The van der Waals surface area contributed by atoms with E-state index >= 15 is 0 Å². The molecule has 138 valence electrons. The van der Waals surface area contributed by atoms with E-state index in [0.717, 1.165) is 41.7 Å². The first-order chi connectivity index (χ1) is 13.1. The summed E-state index contributed by atoms with van der Waals surface area (Å²) in [5, 5.41) is 2.74. The Morgan fingerprint density at radius 1 is 1.19 bits per heavy atom. The van der Waals surface area contributed by atoms with Crippen molar-refractivity contribution in [2.24, 2.45) is 0 Å². The van der Waals surface area contributed by atoms with Crippen molar-refractivity contribution in [2.75, 3.05) is 13.2 Å². The maximum absolute atomic E-state index is 13.0. The van der Waals surface area contributed by atoms with Crippen LogP contribution in [0.5, 0.6) is 0 Å². The van der Waals surface area contributed by atoms with Crippen LogP contribution in [0.15, 0.2) is 54.7 Å². The lowest BCUT2D eigenvalue weighted by Crippen LogP contribution is -2.37. The van der Waals surface area contributed by atoms with Crippen molar-refractivity contribution in [2.45, 2.75) is 25.9 Å². The molecule has 0 unspecified atom stereocenters. The Kier molecular flexibility index (Phi) is 4.77. The zero-order valence-corrected chi connectivity index (χ0v) is 15.3. The second kappa shape index (κ2) is 7.37. The van der Waals surface area contributed by atoms with Gasteiger partial charge >= 0.3 is 0 Å². The van der Waals surface area contributed by atoms with E-state index in [9.17, 15) is 9.59 Å². The Labute approximate surface area is 158 Å². The van der Waals surface area contributed by atoms with Crippen molar-refractivity contribution in [3.05, 3.63) is 66.0 Å². The number of nitrogens with one attached hydrogen (secondary N) is 1. The number of ketones is 1. The molecule has 1 aromatic carbocycles. The fourth-order valence-electron chi connectivity index (χ4n) is 3.51. The first kappa shape index (κ1) is 17.5. The number of hydrogen-bond donors (Lipinski definition) is 1. The number of ether oxygens (including phenoxy) is 1. The van der Waals surface area contributed by atoms with Crippen LogP contribution < -0.4 is 5.32 Å². The zero-order chi connectivity index (χ0) is 18.8. The molecule has 0 saturated carbocycles. The molecule has 27 heavy (non-hydrogen) atoms. The van der Waals surface area contributed by atoms with Crippen molar-refractivity contribution in [3.63, 3.8) is 0 Å². The molecule has 1 atom stereocenters. The minimum atomic E-state index is -0.595. The zero-order valence-electron chi connectivity index (χ0n) is 15.3. The van der Waals surface area contributed by atoms with Gasteiger partial charge in [-0.1, -0.05) is 35.9 Å². The fraction of sp³-hybridized carbons (Fsp3) is 0.273. The maximum Gasteiger partial charge on any atom is 0.294 e.